The molecular formula is C13H19N3O2. The molecule has 0 radical (unpaired) electrons. The lowest BCUT2D eigenvalue weighted by molar-refractivity contribution is -0.141. The summed E-state index contributed by atoms with van der Waals surface area (Å²) in [5, 5.41) is 9.96. The minimum Gasteiger partial charge on any atom is -0.380 e. The minimum absolute atomic E-state index is 0.404. The summed E-state index contributed by atoms with van der Waals surface area (Å²) in [5.74, 6) is -0.612. The molecule has 5 nitrogen and oxygen atoms in total. The van der Waals surface area contributed by atoms with Crippen molar-refractivity contribution >= 4 is 5.91 Å². The Morgan fingerprint density at radius 2 is 2.17 bits per heavy atom. The van der Waals surface area contributed by atoms with Crippen LogP contribution in [0.3, 0.4) is 0 Å². The molecule has 1 aromatic heterocycles. The van der Waals surface area contributed by atoms with Gasteiger partial charge in [0.05, 0.1) is 0 Å². The van der Waals surface area contributed by atoms with E-state index in [4.69, 9.17) is 5.73 Å². The standard InChI is InChI=1S/C13H19N3O2/c1-10-6-11(8-15-7-10)9-16-4-2-13(18,3-5-16)12(14)17/h6-8,18H,2-5,9H2,1H3,(H2,14,17). The summed E-state index contributed by atoms with van der Waals surface area (Å²) in [6.07, 6.45) is 4.48. The highest BCUT2D eigenvalue weighted by molar-refractivity contribution is 5.83. The van der Waals surface area contributed by atoms with Crippen LogP contribution in [0, 0.1) is 6.92 Å². The Morgan fingerprint density at radius 3 is 2.72 bits per heavy atom. The third kappa shape index (κ3) is 2.86. The lowest BCUT2D eigenvalue weighted by Crippen LogP contribution is -2.51. The summed E-state index contributed by atoms with van der Waals surface area (Å²) in [6, 6.07) is 2.10. The maximum atomic E-state index is 11.1. The molecular weight excluding hydrogens is 230 g/mol. The van der Waals surface area contributed by atoms with E-state index >= 15 is 0 Å². The summed E-state index contributed by atoms with van der Waals surface area (Å²) in [7, 11) is 0. The predicted octanol–water partition coefficient (Wildman–Crippen LogP) is 0.202. The van der Waals surface area contributed by atoms with Gasteiger partial charge in [-0.2, -0.15) is 0 Å². The quantitative estimate of drug-likeness (QED) is 0.802. The first kappa shape index (κ1) is 13.0. The molecule has 1 aliphatic heterocycles. The predicted molar refractivity (Wildman–Crippen MR) is 67.6 cm³/mol. The average molecular weight is 249 g/mol. The van der Waals surface area contributed by atoms with Gasteiger partial charge in [-0.1, -0.05) is 6.07 Å². The number of likely N-dealkylation sites (tertiary alicyclic amines) is 1. The molecule has 5 heteroatoms. The third-order valence-corrected chi connectivity index (χ3v) is 3.48. The van der Waals surface area contributed by atoms with Crippen molar-refractivity contribution in [3.05, 3.63) is 29.6 Å². The number of hydrogen-bond acceptors (Lipinski definition) is 4. The molecule has 1 saturated heterocycles. The molecule has 98 valence electrons. The van der Waals surface area contributed by atoms with Crippen LogP contribution in [0.15, 0.2) is 18.5 Å². The van der Waals surface area contributed by atoms with Crippen molar-refractivity contribution in [2.24, 2.45) is 5.73 Å². The number of nitrogens with zero attached hydrogens (tertiary/aromatic N) is 2. The van der Waals surface area contributed by atoms with E-state index in [2.05, 4.69) is 16.0 Å². The SMILES string of the molecule is Cc1cncc(CN2CCC(O)(C(N)=O)CC2)c1. The number of primary amides is 1. The van der Waals surface area contributed by atoms with Gasteiger partial charge < -0.3 is 10.8 Å². The van der Waals surface area contributed by atoms with Crippen LogP contribution in [0.2, 0.25) is 0 Å². The van der Waals surface area contributed by atoms with Crippen LogP contribution in [-0.2, 0) is 11.3 Å². The summed E-state index contributed by atoms with van der Waals surface area (Å²) < 4.78 is 0. The van der Waals surface area contributed by atoms with Crippen LogP contribution >= 0.6 is 0 Å². The van der Waals surface area contributed by atoms with Gasteiger partial charge in [-0.15, -0.1) is 0 Å². The highest BCUT2D eigenvalue weighted by Gasteiger charge is 2.37. The fraction of sp³-hybridized carbons (Fsp3) is 0.538. The number of carbonyl (C=O) groups is 1. The van der Waals surface area contributed by atoms with Crippen molar-refractivity contribution in [2.75, 3.05) is 13.1 Å². The Morgan fingerprint density at radius 1 is 1.50 bits per heavy atom. The molecule has 0 spiro atoms. The second-order valence-electron chi connectivity index (χ2n) is 5.04. The van der Waals surface area contributed by atoms with Crippen molar-refractivity contribution in [2.45, 2.75) is 31.9 Å². The Balaban J connectivity index is 1.93. The Kier molecular flexibility index (Phi) is 3.63. The average Bonchev–Trinajstić information content (AvgIpc) is 2.32. The molecule has 0 atom stereocenters. The van der Waals surface area contributed by atoms with Crippen molar-refractivity contribution in [1.82, 2.24) is 9.88 Å². The van der Waals surface area contributed by atoms with E-state index < -0.39 is 11.5 Å². The molecule has 18 heavy (non-hydrogen) atoms. The molecule has 2 rings (SSSR count). The molecule has 1 aromatic rings. The van der Waals surface area contributed by atoms with Crippen molar-refractivity contribution in [3.8, 4) is 0 Å². The van der Waals surface area contributed by atoms with E-state index in [1.54, 1.807) is 0 Å². The normalized spacial score (nSPS) is 19.7. The van der Waals surface area contributed by atoms with Gasteiger partial charge >= 0.3 is 0 Å². The molecule has 0 bridgehead atoms. The van der Waals surface area contributed by atoms with Crippen LogP contribution < -0.4 is 5.73 Å². The molecule has 0 aromatic carbocycles. The zero-order valence-corrected chi connectivity index (χ0v) is 10.6. The monoisotopic (exact) mass is 249 g/mol. The van der Waals surface area contributed by atoms with Crippen molar-refractivity contribution in [3.63, 3.8) is 0 Å². The lowest BCUT2D eigenvalue weighted by atomic mass is 9.90. The first-order valence-corrected chi connectivity index (χ1v) is 6.15. The van der Waals surface area contributed by atoms with Gasteiger partial charge in [-0.05, 0) is 30.9 Å². The second kappa shape index (κ2) is 5.04. The number of nitrogens with two attached hydrogens (primary N) is 1. The number of piperidine rings is 1. The third-order valence-electron chi connectivity index (χ3n) is 3.48. The molecule has 1 amide bonds. The van der Waals surface area contributed by atoms with Crippen molar-refractivity contribution < 1.29 is 9.90 Å². The van der Waals surface area contributed by atoms with Crippen LogP contribution in [-0.4, -0.2) is 39.6 Å². The highest BCUT2D eigenvalue weighted by Crippen LogP contribution is 2.22. The molecule has 1 aliphatic rings. The first-order valence-electron chi connectivity index (χ1n) is 6.15. The number of hydrogen-bond donors (Lipinski definition) is 2. The van der Waals surface area contributed by atoms with E-state index in [9.17, 15) is 9.90 Å². The number of carbonyl (C=O) groups excluding carboxylic acids is 1. The summed E-state index contributed by atoms with van der Waals surface area (Å²) in [5.41, 5.74) is 6.17. The van der Waals surface area contributed by atoms with E-state index in [1.807, 2.05) is 19.3 Å². The van der Waals surface area contributed by atoms with Gasteiger partial charge in [-0.25, -0.2) is 0 Å². The van der Waals surface area contributed by atoms with Gasteiger partial charge in [0.25, 0.3) is 0 Å². The number of aryl methyl sites for hydroxylation is 1. The summed E-state index contributed by atoms with van der Waals surface area (Å²) in [6.45, 7) is 4.16. The van der Waals surface area contributed by atoms with Gasteiger partial charge in [0.1, 0.15) is 5.60 Å². The second-order valence-corrected chi connectivity index (χ2v) is 5.04. The maximum absolute atomic E-state index is 11.1. The van der Waals surface area contributed by atoms with Crippen LogP contribution in [0.5, 0.6) is 0 Å². The van der Waals surface area contributed by atoms with Gasteiger partial charge in [0.2, 0.25) is 5.91 Å². The van der Waals surface area contributed by atoms with Crippen LogP contribution in [0.4, 0.5) is 0 Å². The van der Waals surface area contributed by atoms with Crippen LogP contribution in [0.25, 0.3) is 0 Å². The smallest absolute Gasteiger partial charge is 0.249 e. The van der Waals surface area contributed by atoms with Gasteiger partial charge in [0, 0.05) is 32.0 Å². The van der Waals surface area contributed by atoms with Crippen molar-refractivity contribution in [1.29, 1.82) is 0 Å². The maximum Gasteiger partial charge on any atom is 0.249 e. The summed E-state index contributed by atoms with van der Waals surface area (Å²) in [4.78, 5) is 17.5. The van der Waals surface area contributed by atoms with E-state index in [-0.39, 0.29) is 0 Å². The molecule has 0 saturated carbocycles. The minimum atomic E-state index is -1.32. The molecule has 0 unspecified atom stereocenters. The molecule has 2 heterocycles. The molecule has 3 N–H and O–H groups in total. The molecule has 1 fully saturated rings. The van der Waals surface area contributed by atoms with E-state index in [0.29, 0.717) is 25.9 Å². The van der Waals surface area contributed by atoms with E-state index in [0.717, 1.165) is 17.7 Å². The number of aliphatic hydroxyl groups is 1. The zero-order valence-electron chi connectivity index (χ0n) is 10.6. The fourth-order valence-corrected chi connectivity index (χ4v) is 2.29. The summed E-state index contributed by atoms with van der Waals surface area (Å²) >= 11 is 0. The first-order chi connectivity index (χ1) is 8.49. The van der Waals surface area contributed by atoms with Gasteiger partial charge in [0.15, 0.2) is 0 Å². The Hall–Kier alpha value is -1.46. The highest BCUT2D eigenvalue weighted by atomic mass is 16.3. The topological polar surface area (TPSA) is 79.4 Å². The number of amides is 1. The number of rotatable bonds is 3. The largest absolute Gasteiger partial charge is 0.380 e. The number of aromatic nitrogens is 1. The Labute approximate surface area is 107 Å². The fourth-order valence-electron chi connectivity index (χ4n) is 2.29. The van der Waals surface area contributed by atoms with Crippen LogP contribution in [0.1, 0.15) is 24.0 Å². The lowest BCUT2D eigenvalue weighted by Gasteiger charge is -2.35. The van der Waals surface area contributed by atoms with E-state index in [1.165, 1.54) is 0 Å². The zero-order chi connectivity index (χ0) is 13.2. The number of pyridine rings is 1. The molecule has 0 aliphatic carbocycles. The van der Waals surface area contributed by atoms with Gasteiger partial charge in [-0.3, -0.25) is 14.7 Å². The Bertz CT molecular complexity index is 440.